The van der Waals surface area contributed by atoms with Crippen LogP contribution < -0.4 is 0 Å². The summed E-state index contributed by atoms with van der Waals surface area (Å²) >= 11 is 0. The van der Waals surface area contributed by atoms with Crippen LogP contribution in [-0.2, 0) is 29.7 Å². The Morgan fingerprint density at radius 3 is 1.65 bits per heavy atom. The quantitative estimate of drug-likeness (QED) is 0.141. The third-order valence-corrected chi connectivity index (χ3v) is 7.67. The number of rotatable bonds is 10. The highest BCUT2D eigenvalue weighted by Gasteiger charge is 2.16. The highest BCUT2D eigenvalue weighted by Crippen LogP contribution is 2.27. The molecule has 3 heteroatoms. The van der Waals surface area contributed by atoms with E-state index in [0.717, 1.165) is 34.4 Å². The van der Waals surface area contributed by atoms with Crippen molar-refractivity contribution < 1.29 is 9.53 Å². The monoisotopic (exact) mass is 569 g/mol. The van der Waals surface area contributed by atoms with Gasteiger partial charge in [-0.25, -0.2) is 4.79 Å². The summed E-state index contributed by atoms with van der Waals surface area (Å²) in [6.45, 7) is 14.7. The SMILES string of the molecule is C=C(c1ccc(C(C)(C)C)cc1)N(Cc1ccc(C#Cc2ccc(CCCC)cc2)cc1)Cc1ccc(C(=O)OC)cc1. The fourth-order valence-corrected chi connectivity index (χ4v) is 4.87. The van der Waals surface area contributed by atoms with Crippen LogP contribution in [0, 0.1) is 11.8 Å². The lowest BCUT2D eigenvalue weighted by atomic mass is 9.86. The number of esters is 1. The van der Waals surface area contributed by atoms with E-state index in [9.17, 15) is 4.79 Å². The second-order valence-corrected chi connectivity index (χ2v) is 12.1. The number of hydrogen-bond acceptors (Lipinski definition) is 3. The van der Waals surface area contributed by atoms with Crippen molar-refractivity contribution in [2.75, 3.05) is 7.11 Å². The fourth-order valence-electron chi connectivity index (χ4n) is 4.87. The lowest BCUT2D eigenvalue weighted by Crippen LogP contribution is -2.21. The second-order valence-electron chi connectivity index (χ2n) is 12.1. The largest absolute Gasteiger partial charge is 0.465 e. The molecular weight excluding hydrogens is 526 g/mol. The van der Waals surface area contributed by atoms with Gasteiger partial charge in [0.2, 0.25) is 0 Å². The molecule has 0 aliphatic heterocycles. The van der Waals surface area contributed by atoms with Crippen LogP contribution in [0.15, 0.2) is 104 Å². The zero-order valence-electron chi connectivity index (χ0n) is 26.2. The molecule has 3 nitrogen and oxygen atoms in total. The Bertz CT molecular complexity index is 1560. The topological polar surface area (TPSA) is 29.5 Å². The summed E-state index contributed by atoms with van der Waals surface area (Å²) < 4.78 is 4.86. The maximum atomic E-state index is 11.9. The van der Waals surface area contributed by atoms with Gasteiger partial charge >= 0.3 is 5.97 Å². The molecule has 4 aromatic carbocycles. The lowest BCUT2D eigenvalue weighted by Gasteiger charge is -2.28. The molecule has 4 rings (SSSR count). The third kappa shape index (κ3) is 8.97. The minimum Gasteiger partial charge on any atom is -0.465 e. The van der Waals surface area contributed by atoms with Crippen LogP contribution >= 0.6 is 0 Å². The van der Waals surface area contributed by atoms with Crippen molar-refractivity contribution in [1.29, 1.82) is 0 Å². The molecule has 0 spiro atoms. The summed E-state index contributed by atoms with van der Waals surface area (Å²) in [6, 6.07) is 33.3. The van der Waals surface area contributed by atoms with Gasteiger partial charge in [-0.1, -0.05) is 113 Å². The van der Waals surface area contributed by atoms with Gasteiger partial charge in [0.05, 0.1) is 12.7 Å². The second kappa shape index (κ2) is 14.6. The van der Waals surface area contributed by atoms with Gasteiger partial charge in [0.25, 0.3) is 0 Å². The first-order chi connectivity index (χ1) is 20.7. The van der Waals surface area contributed by atoms with E-state index >= 15 is 0 Å². The zero-order chi connectivity index (χ0) is 30.8. The molecule has 0 atom stereocenters. The molecule has 0 bridgehead atoms. The minimum atomic E-state index is -0.334. The highest BCUT2D eigenvalue weighted by molar-refractivity contribution is 5.89. The summed E-state index contributed by atoms with van der Waals surface area (Å²) in [5.41, 5.74) is 9.59. The highest BCUT2D eigenvalue weighted by atomic mass is 16.5. The van der Waals surface area contributed by atoms with Gasteiger partial charge in [0.1, 0.15) is 0 Å². The Morgan fingerprint density at radius 1 is 0.721 bits per heavy atom. The molecule has 0 aromatic heterocycles. The summed E-state index contributed by atoms with van der Waals surface area (Å²) in [5.74, 6) is 6.28. The van der Waals surface area contributed by atoms with E-state index in [-0.39, 0.29) is 11.4 Å². The van der Waals surface area contributed by atoms with Gasteiger partial charge in [0, 0.05) is 29.9 Å². The number of benzene rings is 4. The Labute approximate surface area is 258 Å². The number of nitrogens with zero attached hydrogens (tertiary/aromatic N) is 1. The number of methoxy groups -OCH3 is 1. The van der Waals surface area contributed by atoms with Crippen LogP contribution in [0.1, 0.15) is 89.8 Å². The van der Waals surface area contributed by atoms with Gasteiger partial charge in [-0.3, -0.25) is 0 Å². The number of ether oxygens (including phenoxy) is 1. The van der Waals surface area contributed by atoms with Crippen LogP contribution in [0.3, 0.4) is 0 Å². The van der Waals surface area contributed by atoms with Crippen molar-refractivity contribution in [3.8, 4) is 11.8 Å². The molecule has 220 valence electrons. The molecule has 0 amide bonds. The van der Waals surface area contributed by atoms with Crippen LogP contribution in [0.5, 0.6) is 0 Å². The standard InChI is InChI=1S/C40H43NO2/c1-7-8-9-31-10-12-32(13-11-31)14-15-33-16-18-34(19-17-33)28-41(29-35-20-22-37(23-21-35)39(42)43-6)30(2)36-24-26-38(27-25-36)40(3,4)5/h10-13,16-27H,2,7-9,28-29H2,1,3-6H3. The van der Waals surface area contributed by atoms with Gasteiger partial charge in [-0.2, -0.15) is 0 Å². The van der Waals surface area contributed by atoms with Crippen molar-refractivity contribution in [1.82, 2.24) is 4.90 Å². The molecular formula is C40H43NO2. The van der Waals surface area contributed by atoms with Crippen molar-refractivity contribution in [2.24, 2.45) is 0 Å². The number of aryl methyl sites for hydroxylation is 1. The third-order valence-electron chi connectivity index (χ3n) is 7.67. The molecule has 0 saturated carbocycles. The van der Waals surface area contributed by atoms with Gasteiger partial charge in [-0.05, 0) is 82.5 Å². The predicted octanol–water partition coefficient (Wildman–Crippen LogP) is 9.19. The average Bonchev–Trinajstić information content (AvgIpc) is 3.03. The maximum absolute atomic E-state index is 11.9. The van der Waals surface area contributed by atoms with Crippen LogP contribution in [-0.4, -0.2) is 18.0 Å². The normalized spacial score (nSPS) is 10.9. The van der Waals surface area contributed by atoms with Gasteiger partial charge in [0.15, 0.2) is 0 Å². The molecule has 0 saturated heterocycles. The Balaban J connectivity index is 1.52. The van der Waals surface area contributed by atoms with E-state index in [1.807, 2.05) is 24.3 Å². The van der Waals surface area contributed by atoms with Crippen molar-refractivity contribution >= 4 is 11.7 Å². The van der Waals surface area contributed by atoms with Crippen LogP contribution in [0.4, 0.5) is 0 Å². The molecule has 0 heterocycles. The van der Waals surface area contributed by atoms with Crippen molar-refractivity contribution in [3.63, 3.8) is 0 Å². The summed E-state index contributed by atoms with van der Waals surface area (Å²) in [4.78, 5) is 14.2. The van der Waals surface area contributed by atoms with Gasteiger partial charge in [-0.15, -0.1) is 0 Å². The van der Waals surface area contributed by atoms with E-state index in [1.54, 1.807) is 0 Å². The molecule has 0 aliphatic carbocycles. The first kappa shape index (κ1) is 31.4. The molecule has 0 radical (unpaired) electrons. The summed E-state index contributed by atoms with van der Waals surface area (Å²) in [7, 11) is 1.40. The Hall–Kier alpha value is -4.55. The number of unbranched alkanes of at least 4 members (excludes halogenated alkanes) is 1. The van der Waals surface area contributed by atoms with Crippen molar-refractivity contribution in [3.05, 3.63) is 148 Å². The van der Waals surface area contributed by atoms with E-state index in [1.165, 1.54) is 36.6 Å². The zero-order valence-corrected chi connectivity index (χ0v) is 26.2. The fraction of sp³-hybridized carbons (Fsp3) is 0.275. The Morgan fingerprint density at radius 2 is 1.19 bits per heavy atom. The average molecular weight is 570 g/mol. The molecule has 0 aliphatic rings. The molecule has 0 N–H and O–H groups in total. The number of carbonyl (C=O) groups excluding carboxylic acids is 1. The lowest BCUT2D eigenvalue weighted by molar-refractivity contribution is 0.0600. The first-order valence-electron chi connectivity index (χ1n) is 15.1. The van der Waals surface area contributed by atoms with Crippen LogP contribution in [0.2, 0.25) is 0 Å². The Kier molecular flexibility index (Phi) is 10.6. The molecule has 0 fully saturated rings. The maximum Gasteiger partial charge on any atom is 0.337 e. The predicted molar refractivity (Wildman–Crippen MR) is 179 cm³/mol. The van der Waals surface area contributed by atoms with E-state index in [2.05, 4.69) is 124 Å². The summed E-state index contributed by atoms with van der Waals surface area (Å²) in [6.07, 6.45) is 3.54. The van der Waals surface area contributed by atoms with E-state index in [0.29, 0.717) is 18.7 Å². The minimum absolute atomic E-state index is 0.0870. The molecule has 43 heavy (non-hydrogen) atoms. The van der Waals surface area contributed by atoms with Gasteiger partial charge < -0.3 is 9.64 Å². The van der Waals surface area contributed by atoms with E-state index in [4.69, 9.17) is 4.74 Å². The van der Waals surface area contributed by atoms with Crippen molar-refractivity contribution in [2.45, 2.75) is 65.5 Å². The first-order valence-corrected chi connectivity index (χ1v) is 15.1. The summed E-state index contributed by atoms with van der Waals surface area (Å²) in [5, 5.41) is 0. The number of hydrogen-bond donors (Lipinski definition) is 0. The molecule has 4 aromatic rings. The van der Waals surface area contributed by atoms with Crippen LogP contribution in [0.25, 0.3) is 5.70 Å². The number of carbonyl (C=O) groups is 1. The smallest absolute Gasteiger partial charge is 0.337 e. The molecule has 0 unspecified atom stereocenters. The van der Waals surface area contributed by atoms with E-state index < -0.39 is 0 Å².